The van der Waals surface area contributed by atoms with Gasteiger partial charge < -0.3 is 10.6 Å². The van der Waals surface area contributed by atoms with E-state index in [0.29, 0.717) is 18.5 Å². The van der Waals surface area contributed by atoms with Gasteiger partial charge in [0.1, 0.15) is 6.04 Å². The molecule has 2 aliphatic heterocycles. The molecule has 7 nitrogen and oxygen atoms in total. The fourth-order valence-corrected chi connectivity index (χ4v) is 3.81. The first-order chi connectivity index (χ1) is 12.9. The number of hydrogen-bond acceptors (Lipinski definition) is 5. The summed E-state index contributed by atoms with van der Waals surface area (Å²) < 4.78 is 0. The van der Waals surface area contributed by atoms with E-state index in [0.717, 1.165) is 37.2 Å². The second-order valence-corrected chi connectivity index (χ2v) is 7.34. The maximum atomic E-state index is 12.9. The van der Waals surface area contributed by atoms with Crippen LogP contribution in [0.5, 0.6) is 0 Å². The van der Waals surface area contributed by atoms with Gasteiger partial charge in [-0.15, -0.1) is 0 Å². The Labute approximate surface area is 159 Å². The summed E-state index contributed by atoms with van der Waals surface area (Å²) in [5.74, 6) is -0.778. The van der Waals surface area contributed by atoms with Gasteiger partial charge in [0.2, 0.25) is 11.8 Å². The van der Waals surface area contributed by atoms with Crippen molar-refractivity contribution in [3.63, 3.8) is 0 Å². The molecule has 7 heteroatoms. The van der Waals surface area contributed by atoms with E-state index in [2.05, 4.69) is 24.1 Å². The molecule has 0 bridgehead atoms. The number of nitrogens with one attached hydrogen (secondary N) is 1. The molecular formula is C20H28N4O3. The number of imide groups is 1. The second-order valence-electron chi connectivity index (χ2n) is 7.34. The van der Waals surface area contributed by atoms with E-state index in [4.69, 9.17) is 5.73 Å². The second kappa shape index (κ2) is 8.19. The van der Waals surface area contributed by atoms with Crippen molar-refractivity contribution in [2.45, 2.75) is 58.3 Å². The minimum atomic E-state index is -0.578. The molecule has 1 aromatic carbocycles. The zero-order valence-corrected chi connectivity index (χ0v) is 16.0. The lowest BCUT2D eigenvalue weighted by molar-refractivity contribution is -0.136. The summed E-state index contributed by atoms with van der Waals surface area (Å²) in [6.45, 7) is 7.00. The first-order valence-electron chi connectivity index (χ1n) is 9.67. The Morgan fingerprint density at radius 2 is 2.07 bits per heavy atom. The number of rotatable bonds is 7. The minimum Gasteiger partial charge on any atom is -0.327 e. The highest BCUT2D eigenvalue weighted by molar-refractivity contribution is 6.05. The van der Waals surface area contributed by atoms with Crippen molar-refractivity contribution in [3.8, 4) is 0 Å². The SMILES string of the molecule is CC[C@H](N)CN(CC)Cc1cccc2c1CN(C1CCC(=O)NC1=O)C2=O. The average molecular weight is 372 g/mol. The summed E-state index contributed by atoms with van der Waals surface area (Å²) >= 11 is 0. The Hall–Kier alpha value is -2.25. The van der Waals surface area contributed by atoms with Crippen molar-refractivity contribution in [3.05, 3.63) is 34.9 Å². The van der Waals surface area contributed by atoms with Crippen LogP contribution in [0.25, 0.3) is 0 Å². The molecular weight excluding hydrogens is 344 g/mol. The minimum absolute atomic E-state index is 0.128. The first kappa shape index (κ1) is 19.5. The van der Waals surface area contributed by atoms with Gasteiger partial charge in [-0.25, -0.2) is 0 Å². The predicted molar refractivity (Wildman–Crippen MR) is 102 cm³/mol. The van der Waals surface area contributed by atoms with Crippen molar-refractivity contribution in [1.82, 2.24) is 15.1 Å². The normalized spacial score (nSPS) is 20.8. The van der Waals surface area contributed by atoms with Crippen molar-refractivity contribution in [2.24, 2.45) is 5.73 Å². The van der Waals surface area contributed by atoms with Gasteiger partial charge in [-0.05, 0) is 36.6 Å². The van der Waals surface area contributed by atoms with Crippen LogP contribution in [0, 0.1) is 0 Å². The number of carbonyl (C=O) groups is 3. The molecule has 1 saturated heterocycles. The largest absolute Gasteiger partial charge is 0.327 e. The molecule has 1 aromatic rings. The molecule has 2 atom stereocenters. The molecule has 0 aromatic heterocycles. The fourth-order valence-electron chi connectivity index (χ4n) is 3.81. The Morgan fingerprint density at radius 3 is 2.74 bits per heavy atom. The summed E-state index contributed by atoms with van der Waals surface area (Å²) in [6.07, 6.45) is 1.57. The third kappa shape index (κ3) is 4.04. The molecule has 1 unspecified atom stereocenters. The number of piperidine rings is 1. The highest BCUT2D eigenvalue weighted by atomic mass is 16.2. The van der Waals surface area contributed by atoms with E-state index >= 15 is 0 Å². The number of nitrogens with zero attached hydrogens (tertiary/aromatic N) is 2. The van der Waals surface area contributed by atoms with Crippen molar-refractivity contribution in [1.29, 1.82) is 0 Å². The van der Waals surface area contributed by atoms with Crippen molar-refractivity contribution < 1.29 is 14.4 Å². The van der Waals surface area contributed by atoms with E-state index in [-0.39, 0.29) is 30.2 Å². The van der Waals surface area contributed by atoms with Gasteiger partial charge in [0, 0.05) is 37.7 Å². The lowest BCUT2D eigenvalue weighted by Gasteiger charge is -2.29. The van der Waals surface area contributed by atoms with Crippen LogP contribution in [0.2, 0.25) is 0 Å². The van der Waals surface area contributed by atoms with Crippen molar-refractivity contribution in [2.75, 3.05) is 13.1 Å². The fraction of sp³-hybridized carbons (Fsp3) is 0.550. The van der Waals surface area contributed by atoms with Crippen LogP contribution in [0.3, 0.4) is 0 Å². The molecule has 0 spiro atoms. The average Bonchev–Trinajstić information content (AvgIpc) is 2.98. The Balaban J connectivity index is 1.79. The van der Waals surface area contributed by atoms with E-state index in [1.807, 2.05) is 18.2 Å². The number of benzene rings is 1. The molecule has 2 aliphatic rings. The highest BCUT2D eigenvalue weighted by Crippen LogP contribution is 2.30. The van der Waals surface area contributed by atoms with Gasteiger partial charge in [0.05, 0.1) is 0 Å². The van der Waals surface area contributed by atoms with Crippen LogP contribution in [0.1, 0.15) is 54.6 Å². The van der Waals surface area contributed by atoms with Crippen LogP contribution < -0.4 is 11.1 Å². The van der Waals surface area contributed by atoms with Gasteiger partial charge in [-0.3, -0.25) is 24.6 Å². The lowest BCUT2D eigenvalue weighted by Crippen LogP contribution is -2.52. The molecule has 0 saturated carbocycles. The van der Waals surface area contributed by atoms with Crippen molar-refractivity contribution >= 4 is 17.7 Å². The number of hydrogen-bond donors (Lipinski definition) is 2. The lowest BCUT2D eigenvalue weighted by atomic mass is 10.0. The zero-order valence-electron chi connectivity index (χ0n) is 16.0. The van der Waals surface area contributed by atoms with Crippen LogP contribution in [-0.4, -0.2) is 52.7 Å². The summed E-state index contributed by atoms with van der Waals surface area (Å²) in [7, 11) is 0. The van der Waals surface area contributed by atoms with Gasteiger partial charge in [-0.2, -0.15) is 0 Å². The standard InChI is InChI=1S/C20H28N4O3/c1-3-14(21)11-23(4-2)10-13-6-5-7-15-16(13)12-24(20(15)27)17-8-9-18(25)22-19(17)26/h5-7,14,17H,3-4,8-12,21H2,1-2H3,(H,22,25,26)/t14-,17?/m0/s1. The Bertz CT molecular complexity index is 749. The Kier molecular flexibility index (Phi) is 5.92. The van der Waals surface area contributed by atoms with Crippen LogP contribution in [0.4, 0.5) is 0 Å². The molecule has 0 radical (unpaired) electrons. The maximum Gasteiger partial charge on any atom is 0.255 e. The third-order valence-corrected chi connectivity index (χ3v) is 5.54. The Morgan fingerprint density at radius 1 is 1.30 bits per heavy atom. The molecule has 3 N–H and O–H groups in total. The van der Waals surface area contributed by atoms with Crippen LogP contribution in [-0.2, 0) is 22.7 Å². The zero-order chi connectivity index (χ0) is 19.6. The highest BCUT2D eigenvalue weighted by Gasteiger charge is 2.39. The molecule has 27 heavy (non-hydrogen) atoms. The topological polar surface area (TPSA) is 95.7 Å². The molecule has 2 heterocycles. The molecule has 0 aliphatic carbocycles. The number of amides is 3. The van der Waals surface area contributed by atoms with Gasteiger partial charge >= 0.3 is 0 Å². The maximum absolute atomic E-state index is 12.9. The van der Waals surface area contributed by atoms with Crippen LogP contribution >= 0.6 is 0 Å². The number of nitrogens with two attached hydrogens (primary N) is 1. The van der Waals surface area contributed by atoms with E-state index < -0.39 is 6.04 Å². The summed E-state index contributed by atoms with van der Waals surface area (Å²) in [5.41, 5.74) is 8.85. The van der Waals surface area contributed by atoms with Crippen LogP contribution in [0.15, 0.2) is 18.2 Å². The quantitative estimate of drug-likeness (QED) is 0.697. The number of fused-ring (bicyclic) bond motifs is 1. The first-order valence-corrected chi connectivity index (χ1v) is 9.67. The van der Waals surface area contributed by atoms with E-state index in [1.165, 1.54) is 0 Å². The third-order valence-electron chi connectivity index (χ3n) is 5.54. The van der Waals surface area contributed by atoms with E-state index in [9.17, 15) is 14.4 Å². The van der Waals surface area contributed by atoms with Gasteiger partial charge in [0.15, 0.2) is 0 Å². The number of likely N-dealkylation sites (N-methyl/N-ethyl adjacent to an activating group) is 1. The molecule has 146 valence electrons. The van der Waals surface area contributed by atoms with Gasteiger partial charge in [-0.1, -0.05) is 26.0 Å². The molecule has 3 rings (SSSR count). The smallest absolute Gasteiger partial charge is 0.255 e. The predicted octanol–water partition coefficient (Wildman–Crippen LogP) is 1.01. The number of carbonyl (C=O) groups excluding carboxylic acids is 3. The summed E-state index contributed by atoms with van der Waals surface area (Å²) in [6, 6.07) is 5.31. The summed E-state index contributed by atoms with van der Waals surface area (Å²) in [5, 5.41) is 2.34. The summed E-state index contributed by atoms with van der Waals surface area (Å²) in [4.78, 5) is 40.4. The van der Waals surface area contributed by atoms with Gasteiger partial charge in [0.25, 0.3) is 5.91 Å². The molecule has 1 fully saturated rings. The monoisotopic (exact) mass is 372 g/mol. The molecule has 3 amide bonds. The van der Waals surface area contributed by atoms with E-state index in [1.54, 1.807) is 4.90 Å².